The van der Waals surface area contributed by atoms with Crippen LogP contribution in [0.1, 0.15) is 28.4 Å². The molecule has 4 aromatic rings. The van der Waals surface area contributed by atoms with E-state index in [9.17, 15) is 9.90 Å². The number of para-hydroxylation sites is 1. The van der Waals surface area contributed by atoms with Crippen LogP contribution in [0.25, 0.3) is 0 Å². The fourth-order valence-electron chi connectivity index (χ4n) is 4.24. The van der Waals surface area contributed by atoms with Crippen LogP contribution in [0, 0.1) is 0 Å². The highest BCUT2D eigenvalue weighted by Gasteiger charge is 2.20. The van der Waals surface area contributed by atoms with E-state index in [2.05, 4.69) is 41.4 Å². The molecule has 180 valence electrons. The summed E-state index contributed by atoms with van der Waals surface area (Å²) in [4.78, 5) is 22.4. The Kier molecular flexibility index (Phi) is 7.05. The lowest BCUT2D eigenvalue weighted by atomic mass is 10.0. The van der Waals surface area contributed by atoms with Crippen molar-refractivity contribution in [3.63, 3.8) is 0 Å². The number of phenolic OH excluding ortho intramolecular Hbond substituents is 1. The van der Waals surface area contributed by atoms with Crippen LogP contribution in [0.5, 0.6) is 5.75 Å². The van der Waals surface area contributed by atoms with Gasteiger partial charge in [-0.2, -0.15) is 0 Å². The maximum atomic E-state index is 13.0. The van der Waals surface area contributed by atoms with Crippen LogP contribution in [0.3, 0.4) is 0 Å². The molecule has 6 heteroatoms. The quantitative estimate of drug-likeness (QED) is 0.280. The summed E-state index contributed by atoms with van der Waals surface area (Å²) in [5, 5.41) is 12.8. The zero-order valence-corrected chi connectivity index (χ0v) is 20.8. The van der Waals surface area contributed by atoms with E-state index in [0.29, 0.717) is 12.1 Å². The fourth-order valence-corrected chi connectivity index (χ4v) is 5.24. The number of aromatic hydroxyl groups is 1. The van der Waals surface area contributed by atoms with Gasteiger partial charge < -0.3 is 15.3 Å². The molecule has 0 aliphatic carbocycles. The number of hydrogen-bond acceptors (Lipinski definition) is 5. The Morgan fingerprint density at radius 1 is 0.917 bits per heavy atom. The molecule has 0 atom stereocenters. The maximum absolute atomic E-state index is 13.0. The number of phenols is 1. The van der Waals surface area contributed by atoms with Gasteiger partial charge >= 0.3 is 0 Å². The predicted octanol–water partition coefficient (Wildman–Crippen LogP) is 6.28. The van der Waals surface area contributed by atoms with E-state index in [1.54, 1.807) is 23.9 Å². The minimum Gasteiger partial charge on any atom is -0.508 e. The first-order valence-corrected chi connectivity index (χ1v) is 12.8. The number of likely N-dealkylation sites (N-methyl/N-ethyl adjacent to an activating group) is 1. The van der Waals surface area contributed by atoms with Crippen LogP contribution < -0.4 is 10.2 Å². The molecule has 0 bridgehead atoms. The molecule has 1 amide bonds. The van der Waals surface area contributed by atoms with Crippen molar-refractivity contribution in [2.24, 2.45) is 4.99 Å². The first-order valence-electron chi connectivity index (χ1n) is 12.0. The molecule has 0 radical (unpaired) electrons. The Hall–Kier alpha value is -4.03. The highest BCUT2D eigenvalue weighted by molar-refractivity contribution is 7.99. The van der Waals surface area contributed by atoms with Gasteiger partial charge in [0.05, 0.1) is 11.4 Å². The van der Waals surface area contributed by atoms with Crippen LogP contribution in [0.4, 0.5) is 11.4 Å². The number of anilines is 1. The molecule has 0 saturated carbocycles. The third-order valence-corrected chi connectivity index (χ3v) is 7.27. The van der Waals surface area contributed by atoms with Crippen molar-refractivity contribution in [3.05, 3.63) is 114 Å². The van der Waals surface area contributed by atoms with Gasteiger partial charge in [0.25, 0.3) is 5.91 Å². The number of aliphatic imine (C=N–C) groups is 1. The molecule has 0 fully saturated rings. The summed E-state index contributed by atoms with van der Waals surface area (Å²) in [6.45, 7) is 4.25. The Balaban J connectivity index is 1.38. The number of fused-ring (bicyclic) bond motifs is 2. The molecule has 0 unspecified atom stereocenters. The van der Waals surface area contributed by atoms with Gasteiger partial charge in [0.2, 0.25) is 0 Å². The van der Waals surface area contributed by atoms with Gasteiger partial charge in [-0.3, -0.25) is 4.79 Å². The van der Waals surface area contributed by atoms with Crippen molar-refractivity contribution in [2.75, 3.05) is 24.5 Å². The first-order chi connectivity index (χ1) is 17.6. The average Bonchev–Trinajstić information content (AvgIpc) is 3.08. The fraction of sp³-hybridized carbons (Fsp3) is 0.133. The third kappa shape index (κ3) is 5.14. The second-order valence-corrected chi connectivity index (χ2v) is 9.54. The van der Waals surface area contributed by atoms with Crippen molar-refractivity contribution in [1.29, 1.82) is 0 Å². The van der Waals surface area contributed by atoms with Crippen LogP contribution in [0.2, 0.25) is 0 Å². The Morgan fingerprint density at radius 3 is 2.44 bits per heavy atom. The molecule has 0 spiro atoms. The SMILES string of the molecule is CCN(CCNC(=O)c1ccc2c(c1)N=C(c1ccc(O)cc1)c1ccccc1S2)c1ccccc1. The number of nitrogens with one attached hydrogen (secondary N) is 1. The van der Waals surface area contributed by atoms with E-state index >= 15 is 0 Å². The molecule has 1 aliphatic heterocycles. The second-order valence-electron chi connectivity index (χ2n) is 8.46. The Morgan fingerprint density at radius 2 is 1.67 bits per heavy atom. The van der Waals surface area contributed by atoms with Gasteiger partial charge in [-0.25, -0.2) is 4.99 Å². The summed E-state index contributed by atoms with van der Waals surface area (Å²) in [5.74, 6) is 0.0963. The van der Waals surface area contributed by atoms with Crippen LogP contribution in [0.15, 0.2) is 112 Å². The number of amides is 1. The minimum absolute atomic E-state index is 0.116. The topological polar surface area (TPSA) is 64.9 Å². The molecule has 1 aliphatic rings. The molecule has 0 aromatic heterocycles. The van der Waals surface area contributed by atoms with Gasteiger partial charge in [0.15, 0.2) is 0 Å². The molecule has 2 N–H and O–H groups in total. The molecule has 36 heavy (non-hydrogen) atoms. The van der Waals surface area contributed by atoms with E-state index in [4.69, 9.17) is 4.99 Å². The van der Waals surface area contributed by atoms with Crippen LogP contribution in [-0.2, 0) is 0 Å². The van der Waals surface area contributed by atoms with Gasteiger partial charge in [-0.1, -0.05) is 48.2 Å². The minimum atomic E-state index is -0.116. The summed E-state index contributed by atoms with van der Waals surface area (Å²) in [5.41, 5.74) is 5.23. The van der Waals surface area contributed by atoms with E-state index < -0.39 is 0 Å². The molecule has 1 heterocycles. The van der Waals surface area contributed by atoms with Gasteiger partial charge in [0.1, 0.15) is 5.75 Å². The van der Waals surface area contributed by atoms with Crippen molar-refractivity contribution in [3.8, 4) is 5.75 Å². The highest BCUT2D eigenvalue weighted by atomic mass is 32.2. The molecular weight excluding hydrogens is 466 g/mol. The van der Waals surface area contributed by atoms with E-state index in [1.807, 2.05) is 60.7 Å². The lowest BCUT2D eigenvalue weighted by Crippen LogP contribution is -2.34. The lowest BCUT2D eigenvalue weighted by Gasteiger charge is -2.23. The van der Waals surface area contributed by atoms with Crippen LogP contribution >= 0.6 is 11.8 Å². The second kappa shape index (κ2) is 10.7. The lowest BCUT2D eigenvalue weighted by molar-refractivity contribution is 0.0954. The van der Waals surface area contributed by atoms with Crippen LogP contribution in [-0.4, -0.2) is 36.4 Å². The number of rotatable bonds is 7. The van der Waals surface area contributed by atoms with Crippen molar-refractivity contribution >= 4 is 34.8 Å². The standard InChI is InChI=1S/C30H27N3O2S/c1-2-33(23-8-4-3-5-9-23)19-18-31-30(35)22-14-17-28-26(20-22)32-29(21-12-15-24(34)16-13-21)25-10-6-7-11-27(25)36-28/h3-17,20,34H,2,18-19H2,1H3,(H,31,35). The number of carbonyl (C=O) groups is 1. The molecule has 0 saturated heterocycles. The van der Waals surface area contributed by atoms with Gasteiger partial charge in [0, 0.05) is 51.8 Å². The molecule has 5 nitrogen and oxygen atoms in total. The van der Waals surface area contributed by atoms with Crippen molar-refractivity contribution < 1.29 is 9.90 Å². The number of nitrogens with zero attached hydrogens (tertiary/aromatic N) is 2. The molecular formula is C30H27N3O2S. The maximum Gasteiger partial charge on any atom is 0.251 e. The zero-order chi connectivity index (χ0) is 24.9. The smallest absolute Gasteiger partial charge is 0.251 e. The largest absolute Gasteiger partial charge is 0.508 e. The van der Waals surface area contributed by atoms with E-state index in [-0.39, 0.29) is 11.7 Å². The van der Waals surface area contributed by atoms with Crippen molar-refractivity contribution in [1.82, 2.24) is 5.32 Å². The molecule has 4 aromatic carbocycles. The van der Waals surface area contributed by atoms with Crippen molar-refractivity contribution in [2.45, 2.75) is 16.7 Å². The van der Waals surface area contributed by atoms with E-state index in [0.717, 1.165) is 51.1 Å². The summed E-state index contributed by atoms with van der Waals surface area (Å²) >= 11 is 1.65. The summed E-state index contributed by atoms with van der Waals surface area (Å²) < 4.78 is 0. The Bertz CT molecular complexity index is 1400. The van der Waals surface area contributed by atoms with Gasteiger partial charge in [-0.05, 0) is 67.6 Å². The summed E-state index contributed by atoms with van der Waals surface area (Å²) in [6.07, 6.45) is 0. The number of hydrogen-bond donors (Lipinski definition) is 2. The average molecular weight is 494 g/mol. The predicted molar refractivity (Wildman–Crippen MR) is 147 cm³/mol. The summed E-state index contributed by atoms with van der Waals surface area (Å²) in [6, 6.07) is 31.1. The van der Waals surface area contributed by atoms with Gasteiger partial charge in [-0.15, -0.1) is 0 Å². The normalized spacial score (nSPS) is 12.1. The third-order valence-electron chi connectivity index (χ3n) is 6.13. The molecule has 5 rings (SSSR count). The first kappa shape index (κ1) is 23.7. The Labute approximate surface area is 215 Å². The highest BCUT2D eigenvalue weighted by Crippen LogP contribution is 2.41. The number of benzene rings is 4. The van der Waals surface area contributed by atoms with E-state index in [1.165, 1.54) is 0 Å². The summed E-state index contributed by atoms with van der Waals surface area (Å²) in [7, 11) is 0. The monoisotopic (exact) mass is 493 g/mol. The zero-order valence-electron chi connectivity index (χ0n) is 20.0. The number of carbonyl (C=O) groups excluding carboxylic acids is 1.